The molecule has 1 N–H and O–H groups in total. The van der Waals surface area contributed by atoms with Crippen LogP contribution in [0.25, 0.3) is 16.8 Å². The van der Waals surface area contributed by atoms with Gasteiger partial charge in [-0.25, -0.2) is 0 Å². The van der Waals surface area contributed by atoms with Crippen LogP contribution in [0.1, 0.15) is 11.1 Å². The maximum absolute atomic E-state index is 11.7. The first-order chi connectivity index (χ1) is 14.1. The predicted octanol–water partition coefficient (Wildman–Crippen LogP) is 4.84. The molecule has 0 unspecified atom stereocenters. The van der Waals surface area contributed by atoms with E-state index >= 15 is 0 Å². The molecule has 0 saturated carbocycles. The summed E-state index contributed by atoms with van der Waals surface area (Å²) in [6.45, 7) is 0. The van der Waals surface area contributed by atoms with Gasteiger partial charge in [0.15, 0.2) is 11.5 Å². The van der Waals surface area contributed by atoms with E-state index in [1.165, 1.54) is 7.11 Å². The Morgan fingerprint density at radius 1 is 1.00 bits per heavy atom. The summed E-state index contributed by atoms with van der Waals surface area (Å²) in [7, 11) is 1.52. The summed E-state index contributed by atoms with van der Waals surface area (Å²) < 4.78 is 11.5. The van der Waals surface area contributed by atoms with Crippen LogP contribution in [0.5, 0.6) is 17.2 Å². The topological polar surface area (TPSA) is 88.4 Å². The molecule has 0 radical (unpaired) electrons. The number of carbonyl (C=O) groups excluding carboxylic acids is 2. The first kappa shape index (κ1) is 18.6. The van der Waals surface area contributed by atoms with E-state index in [1.807, 2.05) is 24.3 Å². The summed E-state index contributed by atoms with van der Waals surface area (Å²) in [4.78, 5) is 23.4. The smallest absolute Gasteiger partial charge is 0.290 e. The highest BCUT2D eigenvalue weighted by atomic mass is 32.2. The molecule has 1 fully saturated rings. The standard InChI is InChI=1S/C22H14N2O4S/c1-27-19-10-13(11-20-21(25)24-22(26)29-20)6-8-18(19)28-17-9-7-14(12-23)15-4-2-3-5-16(15)17/h2-11H,1H3,(H,24,25,26)/b20-11-. The fraction of sp³-hybridized carbons (Fsp3) is 0.0455. The van der Waals surface area contributed by atoms with Crippen molar-refractivity contribution < 1.29 is 19.1 Å². The van der Waals surface area contributed by atoms with E-state index in [9.17, 15) is 14.9 Å². The number of ether oxygens (including phenoxy) is 2. The molecule has 4 rings (SSSR count). The predicted molar refractivity (Wildman–Crippen MR) is 111 cm³/mol. The van der Waals surface area contributed by atoms with Crippen molar-refractivity contribution in [2.75, 3.05) is 7.11 Å². The van der Waals surface area contributed by atoms with Gasteiger partial charge in [-0.2, -0.15) is 5.26 Å². The maximum atomic E-state index is 11.7. The zero-order valence-electron chi connectivity index (χ0n) is 15.3. The highest BCUT2D eigenvalue weighted by Crippen LogP contribution is 2.37. The number of rotatable bonds is 4. The van der Waals surface area contributed by atoms with Crippen molar-refractivity contribution in [3.63, 3.8) is 0 Å². The molecular weight excluding hydrogens is 388 g/mol. The van der Waals surface area contributed by atoms with Crippen molar-refractivity contribution in [3.8, 4) is 23.3 Å². The Morgan fingerprint density at radius 3 is 2.45 bits per heavy atom. The van der Waals surface area contributed by atoms with Crippen molar-refractivity contribution in [1.82, 2.24) is 5.32 Å². The normalized spacial score (nSPS) is 14.7. The summed E-state index contributed by atoms with van der Waals surface area (Å²) in [6, 6.07) is 18.4. The Balaban J connectivity index is 1.69. The van der Waals surface area contributed by atoms with Crippen LogP contribution in [0.2, 0.25) is 0 Å². The molecule has 29 heavy (non-hydrogen) atoms. The first-order valence-electron chi connectivity index (χ1n) is 8.61. The fourth-order valence-corrected chi connectivity index (χ4v) is 3.69. The number of hydrogen-bond donors (Lipinski definition) is 1. The molecule has 0 aromatic heterocycles. The Hall–Kier alpha value is -3.76. The third-order valence-corrected chi connectivity index (χ3v) is 5.16. The molecule has 0 aliphatic carbocycles. The monoisotopic (exact) mass is 402 g/mol. The van der Waals surface area contributed by atoms with Crippen LogP contribution in [0.15, 0.2) is 59.5 Å². The Kier molecular flexibility index (Phi) is 4.94. The molecule has 7 heteroatoms. The second kappa shape index (κ2) is 7.70. The van der Waals surface area contributed by atoms with E-state index < -0.39 is 5.91 Å². The van der Waals surface area contributed by atoms with Crippen molar-refractivity contribution >= 4 is 39.8 Å². The van der Waals surface area contributed by atoms with Gasteiger partial charge in [-0.15, -0.1) is 0 Å². The van der Waals surface area contributed by atoms with E-state index in [1.54, 1.807) is 36.4 Å². The Bertz CT molecular complexity index is 1230. The summed E-state index contributed by atoms with van der Waals surface area (Å²) in [5.41, 5.74) is 1.27. The number of benzene rings is 3. The number of nitriles is 1. The third-order valence-electron chi connectivity index (χ3n) is 4.35. The average Bonchev–Trinajstić information content (AvgIpc) is 3.05. The quantitative estimate of drug-likeness (QED) is 0.629. The van der Waals surface area contributed by atoms with Gasteiger partial charge < -0.3 is 9.47 Å². The summed E-state index contributed by atoms with van der Waals surface area (Å²) in [5.74, 6) is 1.15. The minimum absolute atomic E-state index is 0.323. The van der Waals surface area contributed by atoms with Crippen LogP contribution in [0.4, 0.5) is 4.79 Å². The van der Waals surface area contributed by atoms with Gasteiger partial charge in [0, 0.05) is 10.8 Å². The van der Waals surface area contributed by atoms with Crippen molar-refractivity contribution in [3.05, 3.63) is 70.6 Å². The molecule has 0 spiro atoms. The largest absolute Gasteiger partial charge is 0.493 e. The number of imide groups is 1. The minimum atomic E-state index is -0.414. The van der Waals surface area contributed by atoms with Crippen LogP contribution >= 0.6 is 11.8 Å². The zero-order chi connectivity index (χ0) is 20.4. The number of thioether (sulfide) groups is 1. The van der Waals surface area contributed by atoms with Crippen LogP contribution in [-0.2, 0) is 4.79 Å². The number of nitrogens with one attached hydrogen (secondary N) is 1. The molecule has 1 aliphatic rings. The van der Waals surface area contributed by atoms with Crippen LogP contribution in [0, 0.1) is 11.3 Å². The number of hydrogen-bond acceptors (Lipinski definition) is 6. The third kappa shape index (κ3) is 3.66. The second-order valence-corrected chi connectivity index (χ2v) is 7.15. The van der Waals surface area contributed by atoms with Gasteiger partial charge in [-0.3, -0.25) is 14.9 Å². The number of amides is 2. The van der Waals surface area contributed by atoms with Crippen molar-refractivity contribution in [1.29, 1.82) is 5.26 Å². The van der Waals surface area contributed by atoms with E-state index in [-0.39, 0.29) is 5.24 Å². The van der Waals surface area contributed by atoms with Crippen molar-refractivity contribution in [2.45, 2.75) is 0 Å². The molecular formula is C22H14N2O4S. The van der Waals surface area contributed by atoms with E-state index in [0.717, 1.165) is 22.5 Å². The lowest BCUT2D eigenvalue weighted by Gasteiger charge is -2.13. The van der Waals surface area contributed by atoms with E-state index in [0.29, 0.717) is 33.3 Å². The lowest BCUT2D eigenvalue weighted by molar-refractivity contribution is -0.115. The molecule has 142 valence electrons. The molecule has 2 amide bonds. The maximum Gasteiger partial charge on any atom is 0.290 e. The summed E-state index contributed by atoms with van der Waals surface area (Å²) >= 11 is 0.857. The molecule has 1 aliphatic heterocycles. The molecule has 1 saturated heterocycles. The second-order valence-electron chi connectivity index (χ2n) is 6.13. The summed E-state index contributed by atoms with van der Waals surface area (Å²) in [5, 5.41) is 12.8. The molecule has 0 atom stereocenters. The molecule has 6 nitrogen and oxygen atoms in total. The van der Waals surface area contributed by atoms with E-state index in [4.69, 9.17) is 9.47 Å². The number of nitrogens with zero attached hydrogens (tertiary/aromatic N) is 1. The average molecular weight is 402 g/mol. The number of carbonyl (C=O) groups is 2. The fourth-order valence-electron chi connectivity index (χ4n) is 3.01. The highest BCUT2D eigenvalue weighted by molar-refractivity contribution is 8.18. The summed E-state index contributed by atoms with van der Waals surface area (Å²) in [6.07, 6.45) is 1.62. The Labute approximate surface area is 170 Å². The molecule has 0 bridgehead atoms. The van der Waals surface area contributed by atoms with Crippen LogP contribution in [0.3, 0.4) is 0 Å². The first-order valence-corrected chi connectivity index (χ1v) is 9.43. The Morgan fingerprint density at radius 2 is 1.76 bits per heavy atom. The molecule has 1 heterocycles. The minimum Gasteiger partial charge on any atom is -0.493 e. The number of methoxy groups -OCH3 is 1. The van der Waals surface area contributed by atoms with Gasteiger partial charge in [0.2, 0.25) is 0 Å². The molecule has 3 aromatic rings. The number of fused-ring (bicyclic) bond motifs is 1. The van der Waals surface area contributed by atoms with Gasteiger partial charge in [0.05, 0.1) is 23.6 Å². The van der Waals surface area contributed by atoms with Gasteiger partial charge in [-0.05, 0) is 47.7 Å². The lowest BCUT2D eigenvalue weighted by Crippen LogP contribution is -2.17. The van der Waals surface area contributed by atoms with Gasteiger partial charge >= 0.3 is 0 Å². The van der Waals surface area contributed by atoms with Crippen molar-refractivity contribution in [2.24, 2.45) is 0 Å². The van der Waals surface area contributed by atoms with Gasteiger partial charge in [-0.1, -0.05) is 30.3 Å². The lowest BCUT2D eigenvalue weighted by atomic mass is 10.0. The van der Waals surface area contributed by atoms with Crippen LogP contribution in [-0.4, -0.2) is 18.3 Å². The van der Waals surface area contributed by atoms with Crippen LogP contribution < -0.4 is 14.8 Å². The van der Waals surface area contributed by atoms with E-state index in [2.05, 4.69) is 11.4 Å². The molecule has 3 aromatic carbocycles. The van der Waals surface area contributed by atoms with Gasteiger partial charge in [0.1, 0.15) is 5.75 Å². The SMILES string of the molecule is COc1cc(/C=C2\SC(=O)NC2=O)ccc1Oc1ccc(C#N)c2ccccc12. The zero-order valence-corrected chi connectivity index (χ0v) is 16.1. The van der Waals surface area contributed by atoms with Gasteiger partial charge in [0.25, 0.3) is 11.1 Å². The highest BCUT2D eigenvalue weighted by Gasteiger charge is 2.25.